The molecule has 3 aliphatic rings. The molecule has 3 fully saturated rings. The molecule has 3 rings (SSSR count). The maximum absolute atomic E-state index is 12.4. The normalized spacial score (nSPS) is 29.0. The van der Waals surface area contributed by atoms with Crippen LogP contribution in [0.15, 0.2) is 0 Å². The lowest BCUT2D eigenvalue weighted by Gasteiger charge is -2.39. The van der Waals surface area contributed by atoms with Gasteiger partial charge in [0.1, 0.15) is 0 Å². The largest absolute Gasteiger partial charge is 0.347 e. The molecular weight excluding hydrogens is 280 g/mol. The van der Waals surface area contributed by atoms with Gasteiger partial charge in [-0.25, -0.2) is 4.79 Å². The van der Waals surface area contributed by atoms with Gasteiger partial charge in [0.2, 0.25) is 0 Å². The molecule has 1 aliphatic carbocycles. The fraction of sp³-hybridized carbons (Fsp3) is 0.941. The molecule has 1 saturated carbocycles. The number of hydrogen-bond acceptors (Lipinski definition) is 3. The number of piperidine rings is 1. The van der Waals surface area contributed by atoms with E-state index in [9.17, 15) is 4.79 Å². The van der Waals surface area contributed by atoms with Crippen molar-refractivity contribution >= 4 is 6.03 Å². The molecule has 2 saturated heterocycles. The van der Waals surface area contributed by atoms with Gasteiger partial charge in [-0.2, -0.15) is 0 Å². The molecule has 1 atom stereocenters. The van der Waals surface area contributed by atoms with Crippen molar-refractivity contribution in [2.45, 2.75) is 57.7 Å². The molecule has 0 bridgehead atoms. The summed E-state index contributed by atoms with van der Waals surface area (Å²) in [6.45, 7) is 5.76. The van der Waals surface area contributed by atoms with Crippen molar-refractivity contribution < 1.29 is 14.3 Å². The second kappa shape index (κ2) is 7.18. The van der Waals surface area contributed by atoms with Crippen LogP contribution in [0, 0.1) is 11.8 Å². The summed E-state index contributed by atoms with van der Waals surface area (Å²) in [5.74, 6) is 0.612. The van der Waals surface area contributed by atoms with Crippen molar-refractivity contribution in [3.8, 4) is 0 Å². The number of urea groups is 1. The lowest BCUT2D eigenvalue weighted by molar-refractivity contribution is -0.189. The number of hydrogen-bond donors (Lipinski definition) is 1. The van der Waals surface area contributed by atoms with Crippen LogP contribution >= 0.6 is 0 Å². The smallest absolute Gasteiger partial charge is 0.317 e. The molecular formula is C17H30N2O3. The van der Waals surface area contributed by atoms with E-state index in [1.165, 1.54) is 25.7 Å². The number of likely N-dealkylation sites (tertiary alicyclic amines) is 1. The van der Waals surface area contributed by atoms with Crippen molar-refractivity contribution in [3.63, 3.8) is 0 Å². The van der Waals surface area contributed by atoms with Crippen LogP contribution in [-0.4, -0.2) is 49.6 Å². The van der Waals surface area contributed by atoms with Crippen LogP contribution in [0.1, 0.15) is 51.9 Å². The molecule has 1 N–H and O–H groups in total. The van der Waals surface area contributed by atoms with Crippen LogP contribution in [0.2, 0.25) is 0 Å². The molecule has 2 heterocycles. The van der Waals surface area contributed by atoms with E-state index in [-0.39, 0.29) is 11.9 Å². The van der Waals surface area contributed by atoms with Crippen molar-refractivity contribution in [1.82, 2.24) is 10.2 Å². The summed E-state index contributed by atoms with van der Waals surface area (Å²) in [7, 11) is 0. The lowest BCUT2D eigenvalue weighted by atomic mass is 9.90. The van der Waals surface area contributed by atoms with Crippen molar-refractivity contribution in [3.05, 3.63) is 0 Å². The van der Waals surface area contributed by atoms with Gasteiger partial charge in [-0.1, -0.05) is 25.7 Å². The van der Waals surface area contributed by atoms with Gasteiger partial charge >= 0.3 is 6.03 Å². The van der Waals surface area contributed by atoms with Gasteiger partial charge in [-0.05, 0) is 32.1 Å². The van der Waals surface area contributed by atoms with E-state index in [0.29, 0.717) is 13.2 Å². The van der Waals surface area contributed by atoms with Crippen LogP contribution in [-0.2, 0) is 9.47 Å². The fourth-order valence-electron chi connectivity index (χ4n) is 4.15. The van der Waals surface area contributed by atoms with E-state index in [1.807, 2.05) is 11.8 Å². The quantitative estimate of drug-likeness (QED) is 0.868. The van der Waals surface area contributed by atoms with Gasteiger partial charge in [0, 0.05) is 25.6 Å². The first kappa shape index (κ1) is 16.1. The van der Waals surface area contributed by atoms with Crippen molar-refractivity contribution in [2.24, 2.45) is 11.8 Å². The first-order chi connectivity index (χ1) is 10.7. The Labute approximate surface area is 133 Å². The highest BCUT2D eigenvalue weighted by Crippen LogP contribution is 2.34. The molecule has 0 radical (unpaired) electrons. The van der Waals surface area contributed by atoms with Gasteiger partial charge in [-0.3, -0.25) is 0 Å². The average Bonchev–Trinajstić information content (AvgIpc) is 3.20. The van der Waals surface area contributed by atoms with E-state index in [4.69, 9.17) is 9.47 Å². The van der Waals surface area contributed by atoms with Crippen molar-refractivity contribution in [1.29, 1.82) is 0 Å². The standard InChI is InChI=1S/C17H30N2O3/c1-17(21-11-12-22-17)15-7-4-10-19(13-15)16(20)18-9-8-14-5-2-3-6-14/h14-15H,2-13H2,1H3,(H,18,20)/t15-/m0/s1. The molecule has 0 unspecified atom stereocenters. The van der Waals surface area contributed by atoms with Crippen LogP contribution in [0.25, 0.3) is 0 Å². The number of rotatable bonds is 4. The predicted octanol–water partition coefficient (Wildman–Crippen LogP) is 2.75. The van der Waals surface area contributed by atoms with E-state index < -0.39 is 5.79 Å². The Kier molecular flexibility index (Phi) is 5.24. The molecule has 2 aliphatic heterocycles. The Morgan fingerprint density at radius 2 is 1.91 bits per heavy atom. The minimum absolute atomic E-state index is 0.0873. The van der Waals surface area contributed by atoms with Gasteiger partial charge in [-0.15, -0.1) is 0 Å². The van der Waals surface area contributed by atoms with E-state index in [0.717, 1.165) is 44.8 Å². The summed E-state index contributed by atoms with van der Waals surface area (Å²) in [6, 6.07) is 0.0873. The summed E-state index contributed by atoms with van der Waals surface area (Å²) in [5.41, 5.74) is 0. The zero-order chi connectivity index (χ0) is 15.4. The van der Waals surface area contributed by atoms with E-state index in [1.54, 1.807) is 0 Å². The highest BCUT2D eigenvalue weighted by molar-refractivity contribution is 5.74. The zero-order valence-corrected chi connectivity index (χ0v) is 13.8. The number of ether oxygens (including phenoxy) is 2. The third kappa shape index (κ3) is 3.74. The molecule has 0 aromatic carbocycles. The molecule has 0 aromatic rings. The summed E-state index contributed by atoms with van der Waals surface area (Å²) >= 11 is 0. The van der Waals surface area contributed by atoms with Gasteiger partial charge in [0.05, 0.1) is 13.2 Å². The number of nitrogens with one attached hydrogen (secondary N) is 1. The SMILES string of the molecule is CC1([C@H]2CCCN(C(=O)NCCC3CCCC3)C2)OCCO1. The topological polar surface area (TPSA) is 50.8 Å². The molecule has 126 valence electrons. The third-order valence-corrected chi connectivity index (χ3v) is 5.61. The Hall–Kier alpha value is -0.810. The molecule has 22 heavy (non-hydrogen) atoms. The van der Waals surface area contributed by atoms with E-state index in [2.05, 4.69) is 5.32 Å². The molecule has 0 aromatic heterocycles. The van der Waals surface area contributed by atoms with Gasteiger partial charge in [0.25, 0.3) is 0 Å². The van der Waals surface area contributed by atoms with Crippen LogP contribution < -0.4 is 5.32 Å². The van der Waals surface area contributed by atoms with Crippen LogP contribution in [0.3, 0.4) is 0 Å². The summed E-state index contributed by atoms with van der Waals surface area (Å²) in [5, 5.41) is 3.11. The monoisotopic (exact) mass is 310 g/mol. The second-order valence-electron chi connectivity index (χ2n) is 7.17. The van der Waals surface area contributed by atoms with Crippen LogP contribution in [0.5, 0.6) is 0 Å². The van der Waals surface area contributed by atoms with Crippen molar-refractivity contribution in [2.75, 3.05) is 32.8 Å². The number of amides is 2. The Balaban J connectivity index is 1.43. The first-order valence-electron chi connectivity index (χ1n) is 8.98. The Morgan fingerprint density at radius 1 is 1.18 bits per heavy atom. The third-order valence-electron chi connectivity index (χ3n) is 5.61. The first-order valence-corrected chi connectivity index (χ1v) is 8.98. The summed E-state index contributed by atoms with van der Waals surface area (Å²) in [4.78, 5) is 14.3. The summed E-state index contributed by atoms with van der Waals surface area (Å²) in [6.07, 6.45) is 8.65. The minimum Gasteiger partial charge on any atom is -0.347 e. The highest BCUT2D eigenvalue weighted by Gasteiger charge is 2.42. The van der Waals surface area contributed by atoms with E-state index >= 15 is 0 Å². The fourth-order valence-corrected chi connectivity index (χ4v) is 4.15. The average molecular weight is 310 g/mol. The molecule has 5 heteroatoms. The van der Waals surface area contributed by atoms with Gasteiger partial charge in [0.15, 0.2) is 5.79 Å². The van der Waals surface area contributed by atoms with Gasteiger partial charge < -0.3 is 19.7 Å². The summed E-state index contributed by atoms with van der Waals surface area (Å²) < 4.78 is 11.6. The highest BCUT2D eigenvalue weighted by atomic mass is 16.7. The number of carbonyl (C=O) groups is 1. The number of carbonyl (C=O) groups excluding carboxylic acids is 1. The molecule has 0 spiro atoms. The van der Waals surface area contributed by atoms with Crippen LogP contribution in [0.4, 0.5) is 4.79 Å². The molecule has 5 nitrogen and oxygen atoms in total. The Morgan fingerprint density at radius 3 is 2.64 bits per heavy atom. The predicted molar refractivity (Wildman–Crippen MR) is 84.6 cm³/mol. The number of nitrogens with zero attached hydrogens (tertiary/aromatic N) is 1. The molecule has 2 amide bonds. The Bertz CT molecular complexity index is 376. The second-order valence-corrected chi connectivity index (χ2v) is 7.17. The lowest BCUT2D eigenvalue weighted by Crippen LogP contribution is -2.51. The minimum atomic E-state index is -0.497. The maximum Gasteiger partial charge on any atom is 0.317 e. The maximum atomic E-state index is 12.4. The zero-order valence-electron chi connectivity index (χ0n) is 13.8.